The third-order valence-electron chi connectivity index (χ3n) is 1.23. The number of carbonyl (C=O) groups excluding carboxylic acids is 2. The minimum absolute atomic E-state index is 0.108. The lowest BCUT2D eigenvalue weighted by atomic mass is 10.2. The minimum atomic E-state index is -0.440. The van der Waals surface area contributed by atoms with E-state index in [4.69, 9.17) is 4.74 Å². The molecule has 0 amide bonds. The molecule has 0 saturated carbocycles. The summed E-state index contributed by atoms with van der Waals surface area (Å²) >= 11 is 0. The number of allylic oxidation sites excluding steroid dienone is 2. The quantitative estimate of drug-likeness (QED) is 0.399. The summed E-state index contributed by atoms with van der Waals surface area (Å²) in [5.74, 6) is -0.126. The Labute approximate surface area is 58.7 Å². The van der Waals surface area contributed by atoms with E-state index in [0.717, 1.165) is 0 Å². The molecule has 0 N–H and O–H groups in total. The summed E-state index contributed by atoms with van der Waals surface area (Å²) in [6.07, 6.45) is 1.86. The third kappa shape index (κ3) is 1.43. The molecule has 0 unspecified atom stereocenters. The first-order chi connectivity index (χ1) is 4.72. The number of ether oxygens (including phenoxy) is 1. The predicted molar refractivity (Wildman–Crippen MR) is 34.1 cm³/mol. The lowest BCUT2D eigenvalue weighted by molar-refractivity contribution is -0.143. The first-order valence-corrected chi connectivity index (χ1v) is 3.16. The van der Waals surface area contributed by atoms with Crippen molar-refractivity contribution in [3.05, 3.63) is 11.8 Å². The fourth-order valence-corrected chi connectivity index (χ4v) is 0.759. The molecule has 0 bridgehead atoms. The van der Waals surface area contributed by atoms with Crippen LogP contribution < -0.4 is 0 Å². The Kier molecular flexibility index (Phi) is 1.85. The number of hydrogen-bond donors (Lipinski definition) is 0. The van der Waals surface area contributed by atoms with Crippen LogP contribution in [0.4, 0.5) is 0 Å². The lowest BCUT2D eigenvalue weighted by Crippen LogP contribution is -2.15. The van der Waals surface area contributed by atoms with Gasteiger partial charge in [0, 0.05) is 12.5 Å². The van der Waals surface area contributed by atoms with Crippen LogP contribution in [0, 0.1) is 0 Å². The van der Waals surface area contributed by atoms with Gasteiger partial charge in [-0.05, 0) is 0 Å². The van der Waals surface area contributed by atoms with Gasteiger partial charge in [-0.15, -0.1) is 0 Å². The van der Waals surface area contributed by atoms with Gasteiger partial charge in [0.1, 0.15) is 12.2 Å². The maximum Gasteiger partial charge on any atom is 0.318 e. The summed E-state index contributed by atoms with van der Waals surface area (Å²) < 4.78 is 4.71. The second-order valence-corrected chi connectivity index (χ2v) is 2.08. The molecule has 0 fully saturated rings. The van der Waals surface area contributed by atoms with E-state index in [1.54, 1.807) is 0 Å². The van der Waals surface area contributed by atoms with E-state index in [0.29, 0.717) is 12.2 Å². The van der Waals surface area contributed by atoms with Gasteiger partial charge in [-0.3, -0.25) is 9.59 Å². The Balaban J connectivity index is 2.74. The van der Waals surface area contributed by atoms with Gasteiger partial charge in [0.25, 0.3) is 0 Å². The van der Waals surface area contributed by atoms with Crippen molar-refractivity contribution in [2.24, 2.45) is 0 Å². The molecular formula is C7H8O3. The molecule has 3 heteroatoms. The number of hydrogen-bond acceptors (Lipinski definition) is 3. The van der Waals surface area contributed by atoms with Gasteiger partial charge in [-0.25, -0.2) is 0 Å². The van der Waals surface area contributed by atoms with Crippen molar-refractivity contribution in [2.75, 3.05) is 0 Å². The molecule has 1 aliphatic rings. The van der Waals surface area contributed by atoms with Crippen molar-refractivity contribution in [1.82, 2.24) is 0 Å². The van der Waals surface area contributed by atoms with E-state index < -0.39 is 5.97 Å². The molecule has 0 aliphatic carbocycles. The average molecular weight is 140 g/mol. The van der Waals surface area contributed by atoms with Crippen LogP contribution in [-0.2, 0) is 14.3 Å². The SMILES string of the molecule is CCC1=CC(=O)CC(=O)O1. The second kappa shape index (κ2) is 2.64. The Morgan fingerprint density at radius 1 is 1.60 bits per heavy atom. The van der Waals surface area contributed by atoms with Crippen LogP contribution in [0.3, 0.4) is 0 Å². The van der Waals surface area contributed by atoms with Crippen molar-refractivity contribution in [2.45, 2.75) is 19.8 Å². The van der Waals surface area contributed by atoms with Crippen LogP contribution >= 0.6 is 0 Å². The zero-order chi connectivity index (χ0) is 7.56. The Morgan fingerprint density at radius 3 is 2.80 bits per heavy atom. The van der Waals surface area contributed by atoms with Crippen molar-refractivity contribution < 1.29 is 14.3 Å². The smallest absolute Gasteiger partial charge is 0.318 e. The van der Waals surface area contributed by atoms with Gasteiger partial charge in [0.15, 0.2) is 5.78 Å². The van der Waals surface area contributed by atoms with Gasteiger partial charge in [0.2, 0.25) is 0 Å². The normalized spacial score (nSPS) is 18.3. The van der Waals surface area contributed by atoms with Crippen LogP contribution in [-0.4, -0.2) is 11.8 Å². The number of esters is 1. The summed E-state index contributed by atoms with van der Waals surface area (Å²) in [5.41, 5.74) is 0. The fraction of sp³-hybridized carbons (Fsp3) is 0.429. The number of cyclic esters (lactones) is 1. The summed E-state index contributed by atoms with van der Waals surface area (Å²) in [6.45, 7) is 1.83. The van der Waals surface area contributed by atoms with E-state index >= 15 is 0 Å². The molecule has 3 nitrogen and oxygen atoms in total. The van der Waals surface area contributed by atoms with E-state index in [2.05, 4.69) is 0 Å². The van der Waals surface area contributed by atoms with Crippen LogP contribution in [0.5, 0.6) is 0 Å². The predicted octanol–water partition coefficient (Wildman–Crippen LogP) is 0.796. The zero-order valence-corrected chi connectivity index (χ0v) is 5.72. The number of rotatable bonds is 1. The highest BCUT2D eigenvalue weighted by atomic mass is 16.5. The number of carbonyl (C=O) groups is 2. The second-order valence-electron chi connectivity index (χ2n) is 2.08. The Hall–Kier alpha value is -1.12. The van der Waals surface area contributed by atoms with Crippen molar-refractivity contribution in [3.63, 3.8) is 0 Å². The fourth-order valence-electron chi connectivity index (χ4n) is 0.759. The molecule has 1 aliphatic heterocycles. The van der Waals surface area contributed by atoms with E-state index in [-0.39, 0.29) is 12.2 Å². The zero-order valence-electron chi connectivity index (χ0n) is 5.72. The maximum absolute atomic E-state index is 10.7. The molecule has 0 atom stereocenters. The molecule has 0 saturated heterocycles. The van der Waals surface area contributed by atoms with Gasteiger partial charge >= 0.3 is 5.97 Å². The van der Waals surface area contributed by atoms with Gasteiger partial charge in [-0.1, -0.05) is 6.92 Å². The molecule has 54 valence electrons. The molecule has 10 heavy (non-hydrogen) atoms. The molecular weight excluding hydrogens is 132 g/mol. The summed E-state index contributed by atoms with van der Waals surface area (Å²) in [4.78, 5) is 21.2. The monoisotopic (exact) mass is 140 g/mol. The van der Waals surface area contributed by atoms with Crippen molar-refractivity contribution in [1.29, 1.82) is 0 Å². The Bertz CT molecular complexity index is 203. The van der Waals surface area contributed by atoms with Crippen LogP contribution in [0.15, 0.2) is 11.8 Å². The van der Waals surface area contributed by atoms with Gasteiger partial charge < -0.3 is 4.74 Å². The third-order valence-corrected chi connectivity index (χ3v) is 1.23. The van der Waals surface area contributed by atoms with Crippen molar-refractivity contribution >= 4 is 11.8 Å². The van der Waals surface area contributed by atoms with Crippen LogP contribution in [0.25, 0.3) is 0 Å². The van der Waals surface area contributed by atoms with Gasteiger partial charge in [0.05, 0.1) is 0 Å². The highest BCUT2D eigenvalue weighted by Crippen LogP contribution is 2.10. The molecule has 0 aromatic heterocycles. The van der Waals surface area contributed by atoms with E-state index in [1.165, 1.54) is 6.08 Å². The molecule has 0 aromatic carbocycles. The van der Waals surface area contributed by atoms with E-state index in [1.807, 2.05) is 6.92 Å². The Morgan fingerprint density at radius 2 is 2.30 bits per heavy atom. The maximum atomic E-state index is 10.7. The highest BCUT2D eigenvalue weighted by Gasteiger charge is 2.16. The van der Waals surface area contributed by atoms with Crippen LogP contribution in [0.2, 0.25) is 0 Å². The molecule has 1 rings (SSSR count). The summed E-state index contributed by atoms with van der Waals surface area (Å²) in [6, 6.07) is 0. The molecule has 0 aromatic rings. The lowest BCUT2D eigenvalue weighted by Gasteiger charge is -2.09. The van der Waals surface area contributed by atoms with E-state index in [9.17, 15) is 9.59 Å². The molecule has 0 spiro atoms. The molecule has 0 radical (unpaired) electrons. The standard InChI is InChI=1S/C7H8O3/c1-2-6-3-5(8)4-7(9)10-6/h3H,2,4H2,1H3. The van der Waals surface area contributed by atoms with Crippen LogP contribution in [0.1, 0.15) is 19.8 Å². The first kappa shape index (κ1) is 6.99. The topological polar surface area (TPSA) is 43.4 Å². The first-order valence-electron chi connectivity index (χ1n) is 3.16. The van der Waals surface area contributed by atoms with Gasteiger partial charge in [-0.2, -0.15) is 0 Å². The summed E-state index contributed by atoms with van der Waals surface area (Å²) in [5, 5.41) is 0. The highest BCUT2D eigenvalue weighted by molar-refractivity contribution is 6.04. The number of ketones is 1. The minimum Gasteiger partial charge on any atom is -0.431 e. The largest absolute Gasteiger partial charge is 0.431 e. The molecule has 1 heterocycles. The summed E-state index contributed by atoms with van der Waals surface area (Å²) in [7, 11) is 0. The average Bonchev–Trinajstić information content (AvgIpc) is 1.85. The van der Waals surface area contributed by atoms with Crippen molar-refractivity contribution in [3.8, 4) is 0 Å².